The van der Waals surface area contributed by atoms with Crippen LogP contribution in [0.5, 0.6) is 0 Å². The first-order chi connectivity index (χ1) is 11.4. The number of anilines is 1. The van der Waals surface area contributed by atoms with E-state index in [4.69, 9.17) is 0 Å². The van der Waals surface area contributed by atoms with E-state index in [1.54, 1.807) is 17.5 Å². The molecule has 5 heteroatoms. The van der Waals surface area contributed by atoms with Crippen LogP contribution in [-0.4, -0.2) is 21.5 Å². The van der Waals surface area contributed by atoms with E-state index in [2.05, 4.69) is 56.1 Å². The zero-order chi connectivity index (χ0) is 15.5. The molecule has 4 aromatic rings. The lowest BCUT2D eigenvalue weighted by atomic mass is 10.1. The van der Waals surface area contributed by atoms with Crippen LogP contribution in [0.4, 0.5) is 5.95 Å². The second-order valence-electron chi connectivity index (χ2n) is 5.28. The Labute approximate surface area is 138 Å². The van der Waals surface area contributed by atoms with Crippen LogP contribution in [0.25, 0.3) is 21.5 Å². The molecule has 23 heavy (non-hydrogen) atoms. The van der Waals surface area contributed by atoms with Gasteiger partial charge in [-0.3, -0.25) is 0 Å². The molecule has 0 aliphatic carbocycles. The molecule has 0 saturated heterocycles. The Kier molecular flexibility index (Phi) is 3.78. The molecule has 4 rings (SSSR count). The Morgan fingerprint density at radius 1 is 1.09 bits per heavy atom. The fourth-order valence-corrected chi connectivity index (χ4v) is 3.35. The van der Waals surface area contributed by atoms with Crippen molar-refractivity contribution in [1.29, 1.82) is 0 Å². The summed E-state index contributed by atoms with van der Waals surface area (Å²) in [6.07, 6.45) is 4.81. The van der Waals surface area contributed by atoms with Crippen molar-refractivity contribution in [3.63, 3.8) is 0 Å². The van der Waals surface area contributed by atoms with Crippen molar-refractivity contribution in [2.45, 2.75) is 6.42 Å². The molecule has 0 atom stereocenters. The number of nitrogens with zero attached hydrogens (tertiary/aromatic N) is 2. The minimum Gasteiger partial charge on any atom is -0.361 e. The molecule has 114 valence electrons. The quantitative estimate of drug-likeness (QED) is 0.575. The number of rotatable bonds is 5. The van der Waals surface area contributed by atoms with Crippen LogP contribution < -0.4 is 5.32 Å². The second kappa shape index (κ2) is 6.22. The van der Waals surface area contributed by atoms with Crippen molar-refractivity contribution < 1.29 is 0 Å². The number of aromatic amines is 1. The molecule has 0 fully saturated rings. The van der Waals surface area contributed by atoms with Crippen LogP contribution in [-0.2, 0) is 6.42 Å². The lowest BCUT2D eigenvalue weighted by Gasteiger charge is -2.05. The Balaban J connectivity index is 1.44. The molecular formula is C18H16N4S. The highest BCUT2D eigenvalue weighted by atomic mass is 32.1. The average molecular weight is 320 g/mol. The number of para-hydroxylation sites is 1. The summed E-state index contributed by atoms with van der Waals surface area (Å²) in [6, 6.07) is 14.4. The van der Waals surface area contributed by atoms with Gasteiger partial charge in [-0.2, -0.15) is 0 Å². The summed E-state index contributed by atoms with van der Waals surface area (Å²) in [5, 5.41) is 6.66. The molecule has 3 heterocycles. The zero-order valence-corrected chi connectivity index (χ0v) is 13.3. The molecule has 2 N–H and O–H groups in total. The Bertz CT molecular complexity index is 912. The molecule has 0 spiro atoms. The number of hydrogen-bond acceptors (Lipinski definition) is 4. The van der Waals surface area contributed by atoms with Crippen LogP contribution >= 0.6 is 11.3 Å². The van der Waals surface area contributed by atoms with Gasteiger partial charge in [-0.25, -0.2) is 9.97 Å². The second-order valence-corrected chi connectivity index (χ2v) is 6.23. The summed E-state index contributed by atoms with van der Waals surface area (Å²) in [6.45, 7) is 0.801. The van der Waals surface area contributed by atoms with Gasteiger partial charge in [0.05, 0.1) is 10.6 Å². The number of benzene rings is 1. The van der Waals surface area contributed by atoms with Gasteiger partial charge >= 0.3 is 0 Å². The number of thiophene rings is 1. The normalized spacial score (nSPS) is 11.0. The van der Waals surface area contributed by atoms with E-state index in [1.165, 1.54) is 16.5 Å². The van der Waals surface area contributed by atoms with Crippen LogP contribution in [0.15, 0.2) is 60.2 Å². The molecule has 0 radical (unpaired) electrons. The summed E-state index contributed by atoms with van der Waals surface area (Å²) in [4.78, 5) is 13.3. The van der Waals surface area contributed by atoms with Crippen molar-refractivity contribution in [3.05, 3.63) is 65.8 Å². The Morgan fingerprint density at radius 3 is 2.96 bits per heavy atom. The fraction of sp³-hybridized carbons (Fsp3) is 0.111. The molecule has 0 bridgehead atoms. The minimum absolute atomic E-state index is 0.677. The number of H-pyrrole nitrogens is 1. The standard InChI is InChI=1S/C18H16N4S/c1-2-5-15-14(4-1)13(12-21-15)7-9-19-18-20-10-8-16(22-18)17-6-3-11-23-17/h1-6,8,10-12,21H,7,9H2,(H,19,20,22). The fourth-order valence-electron chi connectivity index (χ4n) is 2.65. The smallest absolute Gasteiger partial charge is 0.223 e. The molecule has 0 amide bonds. The maximum atomic E-state index is 4.58. The van der Waals surface area contributed by atoms with Crippen LogP contribution in [0.1, 0.15) is 5.56 Å². The highest BCUT2D eigenvalue weighted by Crippen LogP contribution is 2.23. The van der Waals surface area contributed by atoms with E-state index in [9.17, 15) is 0 Å². The summed E-state index contributed by atoms with van der Waals surface area (Å²) in [7, 11) is 0. The molecular weight excluding hydrogens is 304 g/mol. The van der Waals surface area contributed by atoms with Gasteiger partial charge in [-0.1, -0.05) is 24.3 Å². The van der Waals surface area contributed by atoms with Crippen LogP contribution in [0.2, 0.25) is 0 Å². The highest BCUT2D eigenvalue weighted by Gasteiger charge is 2.05. The molecule has 0 aliphatic rings. The summed E-state index contributed by atoms with van der Waals surface area (Å²) in [5.74, 6) is 0.677. The third-order valence-corrected chi connectivity index (χ3v) is 4.67. The first kappa shape index (κ1) is 14.0. The third kappa shape index (κ3) is 2.96. The monoisotopic (exact) mass is 320 g/mol. The van der Waals surface area contributed by atoms with Gasteiger partial charge < -0.3 is 10.3 Å². The van der Waals surface area contributed by atoms with Gasteiger partial charge in [0.1, 0.15) is 0 Å². The van der Waals surface area contributed by atoms with Crippen molar-refractivity contribution in [2.24, 2.45) is 0 Å². The van der Waals surface area contributed by atoms with E-state index >= 15 is 0 Å². The van der Waals surface area contributed by atoms with E-state index in [1.807, 2.05) is 18.2 Å². The molecule has 0 unspecified atom stereocenters. The van der Waals surface area contributed by atoms with Crippen molar-refractivity contribution in [2.75, 3.05) is 11.9 Å². The molecule has 0 aliphatic heterocycles. The largest absolute Gasteiger partial charge is 0.361 e. The first-order valence-electron chi connectivity index (χ1n) is 7.56. The minimum atomic E-state index is 0.677. The Hall–Kier alpha value is -2.66. The molecule has 1 aromatic carbocycles. The van der Waals surface area contributed by atoms with E-state index in [-0.39, 0.29) is 0 Å². The van der Waals surface area contributed by atoms with E-state index < -0.39 is 0 Å². The predicted molar refractivity (Wildman–Crippen MR) is 95.8 cm³/mol. The maximum Gasteiger partial charge on any atom is 0.223 e. The van der Waals surface area contributed by atoms with E-state index in [0.29, 0.717) is 5.95 Å². The van der Waals surface area contributed by atoms with Gasteiger partial charge in [0.15, 0.2) is 0 Å². The van der Waals surface area contributed by atoms with Crippen LogP contribution in [0, 0.1) is 0 Å². The van der Waals surface area contributed by atoms with Gasteiger partial charge in [0.25, 0.3) is 0 Å². The van der Waals surface area contributed by atoms with Gasteiger partial charge in [0.2, 0.25) is 5.95 Å². The molecule has 3 aromatic heterocycles. The lowest BCUT2D eigenvalue weighted by Crippen LogP contribution is -2.07. The van der Waals surface area contributed by atoms with Crippen molar-refractivity contribution >= 4 is 28.2 Å². The Morgan fingerprint density at radius 2 is 2.04 bits per heavy atom. The number of fused-ring (bicyclic) bond motifs is 1. The molecule has 4 nitrogen and oxygen atoms in total. The first-order valence-corrected chi connectivity index (χ1v) is 8.44. The highest BCUT2D eigenvalue weighted by molar-refractivity contribution is 7.13. The maximum absolute atomic E-state index is 4.58. The van der Waals surface area contributed by atoms with Gasteiger partial charge in [0, 0.05) is 29.8 Å². The third-order valence-electron chi connectivity index (χ3n) is 3.78. The summed E-state index contributed by atoms with van der Waals surface area (Å²) in [5.41, 5.74) is 3.45. The SMILES string of the molecule is c1csc(-c2ccnc(NCCc3c[nH]c4ccccc34)n2)c1. The van der Waals surface area contributed by atoms with Crippen molar-refractivity contribution in [1.82, 2.24) is 15.0 Å². The van der Waals surface area contributed by atoms with Gasteiger partial charge in [-0.05, 0) is 35.6 Å². The number of hydrogen-bond donors (Lipinski definition) is 2. The average Bonchev–Trinajstić information content (AvgIpc) is 3.25. The topological polar surface area (TPSA) is 53.6 Å². The molecule has 0 saturated carbocycles. The summed E-state index contributed by atoms with van der Waals surface area (Å²) >= 11 is 1.69. The number of nitrogens with one attached hydrogen (secondary N) is 2. The number of aromatic nitrogens is 3. The predicted octanol–water partition coefficient (Wildman–Crippen LogP) is 4.34. The van der Waals surface area contributed by atoms with E-state index in [0.717, 1.165) is 23.5 Å². The zero-order valence-electron chi connectivity index (χ0n) is 12.5. The van der Waals surface area contributed by atoms with Gasteiger partial charge in [-0.15, -0.1) is 11.3 Å². The van der Waals surface area contributed by atoms with Crippen molar-refractivity contribution in [3.8, 4) is 10.6 Å². The lowest BCUT2D eigenvalue weighted by molar-refractivity contribution is 0.992. The summed E-state index contributed by atoms with van der Waals surface area (Å²) < 4.78 is 0. The van der Waals surface area contributed by atoms with Crippen LogP contribution in [0.3, 0.4) is 0 Å².